The molecule has 1 fully saturated rings. The number of ether oxygens (including phenoxy) is 2. The molecule has 0 spiro atoms. The Morgan fingerprint density at radius 1 is 1.17 bits per heavy atom. The Labute approximate surface area is 170 Å². The Bertz CT molecular complexity index is 962. The molecule has 0 aliphatic heterocycles. The number of benzene rings is 2. The lowest BCUT2D eigenvalue weighted by molar-refractivity contribution is 0.161. The van der Waals surface area contributed by atoms with E-state index in [-0.39, 0.29) is 0 Å². The summed E-state index contributed by atoms with van der Waals surface area (Å²) >= 11 is 0. The number of carbonyl (C=O) groups excluding carboxylic acids is 1. The highest BCUT2D eigenvalue weighted by Gasteiger charge is 2.20. The van der Waals surface area contributed by atoms with Crippen LogP contribution in [0, 0.1) is 0 Å². The quantitative estimate of drug-likeness (QED) is 0.511. The zero-order chi connectivity index (χ0) is 20.1. The molecule has 29 heavy (non-hydrogen) atoms. The van der Waals surface area contributed by atoms with E-state index in [2.05, 4.69) is 10.3 Å². The van der Waals surface area contributed by atoms with Gasteiger partial charge in [-0.2, -0.15) is 0 Å². The van der Waals surface area contributed by atoms with Crippen LogP contribution in [0.25, 0.3) is 11.0 Å². The minimum atomic E-state index is -0.490. The topological polar surface area (TPSA) is 76.2 Å². The van der Waals surface area contributed by atoms with Gasteiger partial charge in [-0.25, -0.2) is 9.78 Å². The summed E-state index contributed by atoms with van der Waals surface area (Å²) in [6, 6.07) is 13.3. The SMILES string of the molecule is CCCOC(=O)Nc1cc2[nH]c(C3CCCCC3)nc2cc1Oc1ccccc1. The third-order valence-corrected chi connectivity index (χ3v) is 5.24. The predicted octanol–water partition coefficient (Wildman–Crippen LogP) is 6.36. The van der Waals surface area contributed by atoms with E-state index in [1.54, 1.807) is 0 Å². The summed E-state index contributed by atoms with van der Waals surface area (Å²) in [6.45, 7) is 2.33. The Balaban J connectivity index is 1.66. The average molecular weight is 393 g/mol. The highest BCUT2D eigenvalue weighted by atomic mass is 16.5. The van der Waals surface area contributed by atoms with Crippen molar-refractivity contribution in [2.75, 3.05) is 11.9 Å². The number of hydrogen-bond acceptors (Lipinski definition) is 4. The molecule has 0 radical (unpaired) electrons. The van der Waals surface area contributed by atoms with Crippen molar-refractivity contribution >= 4 is 22.8 Å². The molecule has 1 aliphatic carbocycles. The van der Waals surface area contributed by atoms with Crippen LogP contribution in [0.2, 0.25) is 0 Å². The molecule has 0 saturated heterocycles. The molecule has 1 saturated carbocycles. The molecule has 2 aromatic carbocycles. The Hall–Kier alpha value is -3.02. The van der Waals surface area contributed by atoms with Crippen LogP contribution in [0.4, 0.5) is 10.5 Å². The molecular formula is C23H27N3O3. The van der Waals surface area contributed by atoms with Gasteiger partial charge >= 0.3 is 6.09 Å². The van der Waals surface area contributed by atoms with Crippen molar-refractivity contribution in [3.63, 3.8) is 0 Å². The van der Waals surface area contributed by atoms with E-state index in [0.29, 0.717) is 29.7 Å². The van der Waals surface area contributed by atoms with Crippen molar-refractivity contribution in [3.8, 4) is 11.5 Å². The zero-order valence-corrected chi connectivity index (χ0v) is 16.7. The van der Waals surface area contributed by atoms with Crippen molar-refractivity contribution in [2.45, 2.75) is 51.4 Å². The summed E-state index contributed by atoms with van der Waals surface area (Å²) in [4.78, 5) is 20.4. The molecule has 1 aliphatic rings. The number of anilines is 1. The smallest absolute Gasteiger partial charge is 0.411 e. The average Bonchev–Trinajstić information content (AvgIpc) is 3.17. The summed E-state index contributed by atoms with van der Waals surface area (Å²) in [7, 11) is 0. The van der Waals surface area contributed by atoms with E-state index in [1.165, 1.54) is 32.1 Å². The maximum Gasteiger partial charge on any atom is 0.411 e. The fraction of sp³-hybridized carbons (Fsp3) is 0.391. The Morgan fingerprint density at radius 3 is 2.72 bits per heavy atom. The summed E-state index contributed by atoms with van der Waals surface area (Å²) in [5.74, 6) is 2.73. The molecule has 0 unspecified atom stereocenters. The maximum absolute atomic E-state index is 12.1. The van der Waals surface area contributed by atoms with Crippen LogP contribution in [0.3, 0.4) is 0 Å². The maximum atomic E-state index is 12.1. The molecule has 3 aromatic rings. The number of carbonyl (C=O) groups is 1. The molecule has 1 aromatic heterocycles. The second-order valence-electron chi connectivity index (χ2n) is 7.50. The number of fused-ring (bicyclic) bond motifs is 1. The first-order chi connectivity index (χ1) is 14.2. The van der Waals surface area contributed by atoms with Crippen molar-refractivity contribution in [1.29, 1.82) is 0 Å². The monoisotopic (exact) mass is 393 g/mol. The lowest BCUT2D eigenvalue weighted by Crippen LogP contribution is -2.14. The van der Waals surface area contributed by atoms with Gasteiger partial charge in [0.1, 0.15) is 11.6 Å². The Kier molecular flexibility index (Phi) is 5.98. The van der Waals surface area contributed by atoms with E-state index >= 15 is 0 Å². The van der Waals surface area contributed by atoms with E-state index in [1.807, 2.05) is 49.4 Å². The summed E-state index contributed by atoms with van der Waals surface area (Å²) in [5, 5.41) is 2.81. The second kappa shape index (κ2) is 8.99. The molecule has 4 rings (SSSR count). The van der Waals surface area contributed by atoms with Gasteiger partial charge in [-0.05, 0) is 37.5 Å². The van der Waals surface area contributed by atoms with Gasteiger partial charge in [0.25, 0.3) is 0 Å². The lowest BCUT2D eigenvalue weighted by atomic mass is 9.89. The third-order valence-electron chi connectivity index (χ3n) is 5.24. The molecule has 1 amide bonds. The van der Waals surface area contributed by atoms with Gasteiger partial charge in [0.15, 0.2) is 5.75 Å². The molecular weight excluding hydrogens is 366 g/mol. The van der Waals surface area contributed by atoms with Crippen LogP contribution in [0.5, 0.6) is 11.5 Å². The fourth-order valence-electron chi connectivity index (χ4n) is 3.77. The van der Waals surface area contributed by atoms with Crippen LogP contribution < -0.4 is 10.1 Å². The normalized spacial score (nSPS) is 14.7. The third kappa shape index (κ3) is 4.70. The van der Waals surface area contributed by atoms with Crippen LogP contribution >= 0.6 is 0 Å². The van der Waals surface area contributed by atoms with Gasteiger partial charge in [-0.3, -0.25) is 5.32 Å². The van der Waals surface area contributed by atoms with Crippen LogP contribution in [0.1, 0.15) is 57.2 Å². The van der Waals surface area contributed by atoms with E-state index < -0.39 is 6.09 Å². The molecule has 2 N–H and O–H groups in total. The van der Waals surface area contributed by atoms with Gasteiger partial charge in [-0.1, -0.05) is 44.4 Å². The fourth-order valence-corrected chi connectivity index (χ4v) is 3.77. The number of rotatable bonds is 6. The molecule has 0 atom stereocenters. The minimum Gasteiger partial charge on any atom is -0.455 e. The van der Waals surface area contributed by atoms with Gasteiger partial charge < -0.3 is 14.5 Å². The van der Waals surface area contributed by atoms with Crippen molar-refractivity contribution < 1.29 is 14.3 Å². The lowest BCUT2D eigenvalue weighted by Gasteiger charge is -2.18. The number of amides is 1. The Morgan fingerprint density at radius 2 is 1.97 bits per heavy atom. The van der Waals surface area contributed by atoms with E-state index in [0.717, 1.165) is 23.3 Å². The predicted molar refractivity (Wildman–Crippen MR) is 114 cm³/mol. The van der Waals surface area contributed by atoms with Gasteiger partial charge in [0.05, 0.1) is 23.3 Å². The number of aromatic nitrogens is 2. The van der Waals surface area contributed by atoms with Gasteiger partial charge in [0.2, 0.25) is 0 Å². The number of imidazole rings is 1. The first-order valence-corrected chi connectivity index (χ1v) is 10.4. The number of H-pyrrole nitrogens is 1. The number of nitrogens with one attached hydrogen (secondary N) is 2. The number of aromatic amines is 1. The molecule has 6 nitrogen and oxygen atoms in total. The first-order valence-electron chi connectivity index (χ1n) is 10.4. The van der Waals surface area contributed by atoms with E-state index in [9.17, 15) is 4.79 Å². The summed E-state index contributed by atoms with van der Waals surface area (Å²) in [6.07, 6.45) is 6.42. The van der Waals surface area contributed by atoms with Crippen LogP contribution in [0.15, 0.2) is 42.5 Å². The number of nitrogens with zero attached hydrogens (tertiary/aromatic N) is 1. The van der Waals surface area contributed by atoms with Crippen LogP contribution in [-0.4, -0.2) is 22.7 Å². The second-order valence-corrected chi connectivity index (χ2v) is 7.50. The largest absolute Gasteiger partial charge is 0.455 e. The van der Waals surface area contributed by atoms with Crippen molar-refractivity contribution in [2.24, 2.45) is 0 Å². The first kappa shape index (κ1) is 19.3. The molecule has 6 heteroatoms. The molecule has 0 bridgehead atoms. The highest BCUT2D eigenvalue weighted by molar-refractivity contribution is 5.92. The summed E-state index contributed by atoms with van der Waals surface area (Å²) < 4.78 is 11.2. The van der Waals surface area contributed by atoms with Crippen molar-refractivity contribution in [3.05, 3.63) is 48.3 Å². The zero-order valence-electron chi connectivity index (χ0n) is 16.7. The van der Waals surface area contributed by atoms with Gasteiger partial charge in [-0.15, -0.1) is 0 Å². The standard InChI is InChI=1S/C23H27N3O3/c1-2-13-28-23(27)26-20-14-18-19(15-21(20)29-17-11-7-4-8-12-17)25-22(24-18)16-9-5-3-6-10-16/h4,7-8,11-12,14-16H,2-3,5-6,9-10,13H2,1H3,(H,24,25)(H,26,27). The number of hydrogen-bond donors (Lipinski definition) is 2. The minimum absolute atomic E-state index is 0.374. The van der Waals surface area contributed by atoms with Crippen LogP contribution in [-0.2, 0) is 4.74 Å². The highest BCUT2D eigenvalue weighted by Crippen LogP contribution is 2.36. The number of para-hydroxylation sites is 1. The van der Waals surface area contributed by atoms with Crippen molar-refractivity contribution in [1.82, 2.24) is 9.97 Å². The van der Waals surface area contributed by atoms with Gasteiger partial charge in [0, 0.05) is 12.0 Å². The molecule has 1 heterocycles. The summed E-state index contributed by atoms with van der Waals surface area (Å²) in [5.41, 5.74) is 2.28. The van der Waals surface area contributed by atoms with E-state index in [4.69, 9.17) is 14.5 Å². The molecule has 152 valence electrons.